The number of hydrogen-bond donors (Lipinski definition) is 0. The van der Waals surface area contributed by atoms with Gasteiger partial charge >= 0.3 is 0 Å². The van der Waals surface area contributed by atoms with Crippen LogP contribution >= 0.6 is 11.6 Å². The van der Waals surface area contributed by atoms with Gasteiger partial charge < -0.3 is 9.47 Å². The second-order valence-corrected chi connectivity index (χ2v) is 3.06. The van der Waals surface area contributed by atoms with Crippen LogP contribution in [0.4, 0.5) is 0 Å². The summed E-state index contributed by atoms with van der Waals surface area (Å²) in [5, 5.41) is 0. The monoisotopic (exact) mass is 200 g/mol. The van der Waals surface area contributed by atoms with E-state index in [4.69, 9.17) is 21.1 Å². The van der Waals surface area contributed by atoms with Crippen LogP contribution < -0.4 is 4.74 Å². The van der Waals surface area contributed by atoms with E-state index in [2.05, 4.69) is 0 Å². The fourth-order valence-corrected chi connectivity index (χ4v) is 1.28. The second kappa shape index (κ2) is 5.10. The quantitative estimate of drug-likeness (QED) is 0.550. The van der Waals surface area contributed by atoms with Crippen LogP contribution in [0.3, 0.4) is 0 Å². The Hall–Kier alpha value is -0.730. The molecular formula is C10H13ClO2. The van der Waals surface area contributed by atoms with Crippen LogP contribution in [-0.2, 0) is 10.6 Å². The summed E-state index contributed by atoms with van der Waals surface area (Å²) in [4.78, 5) is 0. The molecule has 0 unspecified atom stereocenters. The average Bonchev–Trinajstić information content (AvgIpc) is 2.16. The zero-order valence-corrected chi connectivity index (χ0v) is 8.60. The van der Waals surface area contributed by atoms with E-state index in [9.17, 15) is 0 Å². The van der Waals surface area contributed by atoms with Gasteiger partial charge in [0.1, 0.15) is 5.75 Å². The smallest absolute Gasteiger partial charge is 0.188 e. The number of aryl methyl sites for hydroxylation is 1. The Morgan fingerprint density at radius 1 is 1.38 bits per heavy atom. The summed E-state index contributed by atoms with van der Waals surface area (Å²) >= 11 is 5.76. The van der Waals surface area contributed by atoms with Gasteiger partial charge in [-0.25, -0.2) is 0 Å². The lowest BCUT2D eigenvalue weighted by molar-refractivity contribution is 0.0505. The molecule has 0 spiro atoms. The molecule has 1 rings (SSSR count). The molecule has 0 saturated carbocycles. The van der Waals surface area contributed by atoms with Crippen molar-refractivity contribution in [2.24, 2.45) is 0 Å². The van der Waals surface area contributed by atoms with Gasteiger partial charge in [-0.2, -0.15) is 0 Å². The standard InChI is InChI=1S/C10H13ClO2/c1-8-3-4-10(13-7-12-2)9(5-8)6-11/h3-5H,6-7H2,1-2H3. The van der Waals surface area contributed by atoms with Crippen molar-refractivity contribution in [1.29, 1.82) is 0 Å². The van der Waals surface area contributed by atoms with E-state index >= 15 is 0 Å². The lowest BCUT2D eigenvalue weighted by Crippen LogP contribution is -2.01. The number of hydrogen-bond acceptors (Lipinski definition) is 2. The molecule has 0 atom stereocenters. The summed E-state index contributed by atoms with van der Waals surface area (Å²) in [7, 11) is 1.59. The average molecular weight is 201 g/mol. The molecule has 0 aliphatic carbocycles. The molecule has 0 heterocycles. The van der Waals surface area contributed by atoms with Gasteiger partial charge in [0.05, 0.1) is 5.88 Å². The molecule has 0 fully saturated rings. The summed E-state index contributed by atoms with van der Waals surface area (Å²) in [6, 6.07) is 5.91. The molecule has 2 nitrogen and oxygen atoms in total. The van der Waals surface area contributed by atoms with Crippen molar-refractivity contribution < 1.29 is 9.47 Å². The molecule has 3 heteroatoms. The van der Waals surface area contributed by atoms with Crippen molar-refractivity contribution in [3.63, 3.8) is 0 Å². The van der Waals surface area contributed by atoms with Gasteiger partial charge in [-0.15, -0.1) is 11.6 Å². The number of rotatable bonds is 4. The lowest BCUT2D eigenvalue weighted by Gasteiger charge is -2.09. The zero-order valence-electron chi connectivity index (χ0n) is 7.84. The molecule has 0 bridgehead atoms. The number of benzene rings is 1. The summed E-state index contributed by atoms with van der Waals surface area (Å²) in [6.45, 7) is 2.28. The van der Waals surface area contributed by atoms with E-state index in [1.54, 1.807) is 7.11 Å². The Morgan fingerprint density at radius 3 is 2.77 bits per heavy atom. The van der Waals surface area contributed by atoms with Gasteiger partial charge in [0.15, 0.2) is 6.79 Å². The van der Waals surface area contributed by atoms with Gasteiger partial charge in [0.2, 0.25) is 0 Å². The highest BCUT2D eigenvalue weighted by Gasteiger charge is 2.01. The van der Waals surface area contributed by atoms with E-state index in [1.165, 1.54) is 5.56 Å². The predicted octanol–water partition coefficient (Wildman–Crippen LogP) is 2.72. The highest BCUT2D eigenvalue weighted by Crippen LogP contribution is 2.21. The molecule has 0 saturated heterocycles. The molecule has 0 aliphatic rings. The minimum atomic E-state index is 0.257. The van der Waals surface area contributed by atoms with Crippen molar-refractivity contribution >= 4 is 11.6 Å². The van der Waals surface area contributed by atoms with Crippen LogP contribution in [0.5, 0.6) is 5.75 Å². The van der Waals surface area contributed by atoms with Crippen LogP contribution in [0, 0.1) is 6.92 Å². The first-order valence-corrected chi connectivity index (χ1v) is 4.58. The number of alkyl halides is 1. The SMILES string of the molecule is COCOc1ccc(C)cc1CCl. The van der Waals surface area contributed by atoms with E-state index in [-0.39, 0.29) is 6.79 Å². The van der Waals surface area contributed by atoms with Crippen LogP contribution in [0.15, 0.2) is 18.2 Å². The molecule has 72 valence electrons. The summed E-state index contributed by atoms with van der Waals surface area (Å²) in [6.07, 6.45) is 0. The van der Waals surface area contributed by atoms with Gasteiger partial charge in [0.25, 0.3) is 0 Å². The maximum Gasteiger partial charge on any atom is 0.188 e. The van der Waals surface area contributed by atoms with E-state index in [0.29, 0.717) is 5.88 Å². The van der Waals surface area contributed by atoms with Gasteiger partial charge in [-0.3, -0.25) is 0 Å². The van der Waals surface area contributed by atoms with Gasteiger partial charge in [0, 0.05) is 12.7 Å². The molecule has 1 aromatic rings. The summed E-state index contributed by atoms with van der Waals surface area (Å²) < 4.78 is 10.1. The van der Waals surface area contributed by atoms with Gasteiger partial charge in [-0.1, -0.05) is 17.7 Å². The van der Waals surface area contributed by atoms with Crippen LogP contribution in [0.1, 0.15) is 11.1 Å². The molecular weight excluding hydrogens is 188 g/mol. The summed E-state index contributed by atoms with van der Waals surface area (Å²) in [5.74, 6) is 1.25. The maximum absolute atomic E-state index is 5.76. The first-order valence-electron chi connectivity index (χ1n) is 4.05. The van der Waals surface area contributed by atoms with E-state index < -0.39 is 0 Å². The minimum Gasteiger partial charge on any atom is -0.467 e. The first kappa shape index (κ1) is 10.4. The normalized spacial score (nSPS) is 10.1. The third kappa shape index (κ3) is 2.90. The largest absolute Gasteiger partial charge is 0.467 e. The Kier molecular flexibility index (Phi) is 4.06. The molecule has 0 radical (unpaired) electrons. The van der Waals surface area contributed by atoms with Gasteiger partial charge in [-0.05, 0) is 13.0 Å². The fourth-order valence-electron chi connectivity index (χ4n) is 1.08. The Morgan fingerprint density at radius 2 is 2.15 bits per heavy atom. The van der Waals surface area contributed by atoms with Crippen molar-refractivity contribution in [2.45, 2.75) is 12.8 Å². The minimum absolute atomic E-state index is 0.257. The van der Waals surface area contributed by atoms with Crippen LogP contribution in [-0.4, -0.2) is 13.9 Å². The highest BCUT2D eigenvalue weighted by molar-refractivity contribution is 6.17. The number of halogens is 1. The third-order valence-corrected chi connectivity index (χ3v) is 1.98. The zero-order chi connectivity index (χ0) is 9.68. The Balaban J connectivity index is 2.79. The van der Waals surface area contributed by atoms with Crippen molar-refractivity contribution in [2.75, 3.05) is 13.9 Å². The second-order valence-electron chi connectivity index (χ2n) is 2.80. The molecule has 13 heavy (non-hydrogen) atoms. The fraction of sp³-hybridized carbons (Fsp3) is 0.400. The summed E-state index contributed by atoms with van der Waals surface area (Å²) in [5.41, 5.74) is 2.18. The van der Waals surface area contributed by atoms with E-state index in [1.807, 2.05) is 25.1 Å². The van der Waals surface area contributed by atoms with Crippen LogP contribution in [0.25, 0.3) is 0 Å². The third-order valence-electron chi connectivity index (χ3n) is 1.69. The Bertz CT molecular complexity index is 274. The molecule has 0 aliphatic heterocycles. The first-order chi connectivity index (χ1) is 6.27. The van der Waals surface area contributed by atoms with Crippen molar-refractivity contribution in [1.82, 2.24) is 0 Å². The number of methoxy groups -OCH3 is 1. The lowest BCUT2D eigenvalue weighted by atomic mass is 10.1. The predicted molar refractivity (Wildman–Crippen MR) is 53.2 cm³/mol. The maximum atomic E-state index is 5.76. The molecule has 0 amide bonds. The van der Waals surface area contributed by atoms with E-state index in [0.717, 1.165) is 11.3 Å². The van der Waals surface area contributed by atoms with Crippen LogP contribution in [0.2, 0.25) is 0 Å². The van der Waals surface area contributed by atoms with Crippen molar-refractivity contribution in [3.05, 3.63) is 29.3 Å². The Labute approximate surface area is 83.4 Å². The number of ether oxygens (including phenoxy) is 2. The topological polar surface area (TPSA) is 18.5 Å². The molecule has 1 aromatic carbocycles. The highest BCUT2D eigenvalue weighted by atomic mass is 35.5. The molecule has 0 N–H and O–H groups in total. The molecule has 0 aromatic heterocycles. The van der Waals surface area contributed by atoms with Crippen molar-refractivity contribution in [3.8, 4) is 5.75 Å².